The van der Waals surface area contributed by atoms with Crippen molar-refractivity contribution in [2.45, 2.75) is 31.7 Å². The molecule has 0 aliphatic carbocycles. The second kappa shape index (κ2) is 6.83. The molecule has 0 fully saturated rings. The summed E-state index contributed by atoms with van der Waals surface area (Å²) in [5.74, 6) is 0. The zero-order valence-electron chi connectivity index (χ0n) is 8.22. The summed E-state index contributed by atoms with van der Waals surface area (Å²) < 4.78 is 1.17. The van der Waals surface area contributed by atoms with Crippen LogP contribution in [0.15, 0.2) is 15.9 Å². The molecule has 1 aromatic rings. The van der Waals surface area contributed by atoms with E-state index in [9.17, 15) is 0 Å². The lowest BCUT2D eigenvalue weighted by Gasteiger charge is -2.03. The first-order chi connectivity index (χ1) is 6.68. The number of rotatable bonds is 6. The summed E-state index contributed by atoms with van der Waals surface area (Å²) >= 11 is 11.1. The monoisotopic (exact) mass is 295 g/mol. The van der Waals surface area contributed by atoms with Gasteiger partial charge < -0.3 is 5.32 Å². The Bertz CT molecular complexity index is 262. The minimum Gasteiger partial charge on any atom is -0.312 e. The van der Waals surface area contributed by atoms with Crippen LogP contribution in [0.25, 0.3) is 0 Å². The number of hydrogen-bond donors (Lipinski definition) is 1. The van der Waals surface area contributed by atoms with Gasteiger partial charge in [-0.05, 0) is 48.3 Å². The van der Waals surface area contributed by atoms with Crippen molar-refractivity contribution in [3.05, 3.63) is 20.8 Å². The van der Waals surface area contributed by atoms with Crippen LogP contribution in [0.1, 0.15) is 24.6 Å². The summed E-state index contributed by atoms with van der Waals surface area (Å²) in [6, 6.07) is 2.15. The number of halogens is 2. The summed E-state index contributed by atoms with van der Waals surface area (Å²) in [6.07, 6.45) is 2.24. The maximum absolute atomic E-state index is 5.85. The molecule has 0 aliphatic heterocycles. The Hall–Kier alpha value is 0.430. The predicted molar refractivity (Wildman–Crippen MR) is 68.3 cm³/mol. The lowest BCUT2D eigenvalue weighted by Crippen LogP contribution is -2.14. The predicted octanol–water partition coefficient (Wildman–Crippen LogP) is 4.01. The van der Waals surface area contributed by atoms with Crippen molar-refractivity contribution < 1.29 is 0 Å². The first-order valence-electron chi connectivity index (χ1n) is 4.76. The highest BCUT2D eigenvalue weighted by Gasteiger charge is 1.98. The van der Waals surface area contributed by atoms with E-state index in [1.54, 1.807) is 11.3 Å². The second-order valence-electron chi connectivity index (χ2n) is 3.33. The molecule has 1 nitrogen and oxygen atoms in total. The van der Waals surface area contributed by atoms with Gasteiger partial charge in [0.15, 0.2) is 0 Å². The zero-order valence-corrected chi connectivity index (χ0v) is 11.4. The van der Waals surface area contributed by atoms with E-state index in [1.165, 1.54) is 9.35 Å². The normalized spacial score (nSPS) is 13.1. The molecular formula is C10H15BrClNS. The van der Waals surface area contributed by atoms with Gasteiger partial charge in [-0.1, -0.05) is 0 Å². The summed E-state index contributed by atoms with van der Waals surface area (Å²) in [7, 11) is 0. The number of alkyl halides is 1. The van der Waals surface area contributed by atoms with Crippen LogP contribution in [-0.2, 0) is 6.54 Å². The lowest BCUT2D eigenvalue weighted by molar-refractivity contribution is 0.623. The van der Waals surface area contributed by atoms with Crippen molar-refractivity contribution in [3.8, 4) is 0 Å². The fraction of sp³-hybridized carbons (Fsp3) is 0.600. The van der Waals surface area contributed by atoms with Crippen molar-refractivity contribution in [2.75, 3.05) is 6.54 Å². The molecule has 0 amide bonds. The summed E-state index contributed by atoms with van der Waals surface area (Å²) in [5.41, 5.74) is 0. The molecule has 1 unspecified atom stereocenters. The minimum absolute atomic E-state index is 0.299. The molecular weight excluding hydrogens is 282 g/mol. The first-order valence-corrected chi connectivity index (χ1v) is 6.87. The summed E-state index contributed by atoms with van der Waals surface area (Å²) in [5, 5.41) is 5.81. The van der Waals surface area contributed by atoms with Gasteiger partial charge in [-0.25, -0.2) is 0 Å². The van der Waals surface area contributed by atoms with Crippen LogP contribution in [0.4, 0.5) is 0 Å². The van der Waals surface area contributed by atoms with E-state index < -0.39 is 0 Å². The topological polar surface area (TPSA) is 12.0 Å². The summed E-state index contributed by atoms with van der Waals surface area (Å²) in [6.45, 7) is 4.05. The van der Waals surface area contributed by atoms with Gasteiger partial charge >= 0.3 is 0 Å². The Morgan fingerprint density at radius 2 is 2.43 bits per heavy atom. The Labute approximate surface area is 103 Å². The van der Waals surface area contributed by atoms with Crippen LogP contribution in [0.5, 0.6) is 0 Å². The molecule has 0 bridgehead atoms. The number of nitrogens with one attached hydrogen (secondary N) is 1. The first kappa shape index (κ1) is 12.5. The van der Waals surface area contributed by atoms with E-state index in [1.807, 2.05) is 6.92 Å². The van der Waals surface area contributed by atoms with Gasteiger partial charge in [-0.3, -0.25) is 0 Å². The molecule has 1 atom stereocenters. The SMILES string of the molecule is CC(Cl)CCCNCc1cc(Br)cs1. The van der Waals surface area contributed by atoms with Gasteiger partial charge in [0.05, 0.1) is 0 Å². The Balaban J connectivity index is 2.04. The van der Waals surface area contributed by atoms with Crippen LogP contribution in [-0.4, -0.2) is 11.9 Å². The molecule has 4 heteroatoms. The zero-order chi connectivity index (χ0) is 10.4. The molecule has 0 saturated heterocycles. The Morgan fingerprint density at radius 1 is 1.64 bits per heavy atom. The van der Waals surface area contributed by atoms with Crippen molar-refractivity contribution in [1.29, 1.82) is 0 Å². The second-order valence-corrected chi connectivity index (χ2v) is 5.99. The number of thiophene rings is 1. The van der Waals surface area contributed by atoms with Gasteiger partial charge in [-0.2, -0.15) is 0 Å². The highest BCUT2D eigenvalue weighted by atomic mass is 79.9. The fourth-order valence-corrected chi connectivity index (χ4v) is 2.74. The van der Waals surface area contributed by atoms with Crippen molar-refractivity contribution in [2.24, 2.45) is 0 Å². The molecule has 80 valence electrons. The van der Waals surface area contributed by atoms with Crippen LogP contribution in [0.3, 0.4) is 0 Å². The molecule has 0 radical (unpaired) electrons. The third-order valence-electron chi connectivity index (χ3n) is 1.88. The molecule has 1 aromatic heterocycles. The lowest BCUT2D eigenvalue weighted by atomic mass is 10.2. The summed E-state index contributed by atoms with van der Waals surface area (Å²) in [4.78, 5) is 1.37. The highest BCUT2D eigenvalue weighted by Crippen LogP contribution is 2.19. The van der Waals surface area contributed by atoms with E-state index in [2.05, 4.69) is 32.7 Å². The van der Waals surface area contributed by atoms with Crippen molar-refractivity contribution >= 4 is 38.9 Å². The largest absolute Gasteiger partial charge is 0.312 e. The third kappa shape index (κ3) is 5.35. The highest BCUT2D eigenvalue weighted by molar-refractivity contribution is 9.10. The number of hydrogen-bond acceptors (Lipinski definition) is 2. The van der Waals surface area contributed by atoms with Crippen molar-refractivity contribution in [3.63, 3.8) is 0 Å². The van der Waals surface area contributed by atoms with Crippen LogP contribution in [0.2, 0.25) is 0 Å². The molecule has 0 aromatic carbocycles. The van der Waals surface area contributed by atoms with Crippen LogP contribution >= 0.6 is 38.9 Å². The Kier molecular flexibility index (Phi) is 6.10. The minimum atomic E-state index is 0.299. The average Bonchev–Trinajstić information content (AvgIpc) is 2.50. The standard InChI is InChI=1S/C10H15BrClNS/c1-8(12)3-2-4-13-6-10-5-9(11)7-14-10/h5,7-8,13H,2-4,6H2,1H3. The van der Waals surface area contributed by atoms with Crippen LogP contribution < -0.4 is 5.32 Å². The van der Waals surface area contributed by atoms with Gasteiger partial charge in [-0.15, -0.1) is 22.9 Å². The van der Waals surface area contributed by atoms with Crippen molar-refractivity contribution in [1.82, 2.24) is 5.32 Å². The van der Waals surface area contributed by atoms with E-state index in [0.717, 1.165) is 25.9 Å². The van der Waals surface area contributed by atoms with Crippen LogP contribution in [0, 0.1) is 0 Å². The third-order valence-corrected chi connectivity index (χ3v) is 3.79. The molecule has 0 aliphatic rings. The smallest absolute Gasteiger partial charge is 0.0308 e. The molecule has 1 N–H and O–H groups in total. The molecule has 0 saturated carbocycles. The molecule has 1 rings (SSSR count). The van der Waals surface area contributed by atoms with Gasteiger partial charge in [0.1, 0.15) is 0 Å². The fourth-order valence-electron chi connectivity index (χ4n) is 1.17. The maximum Gasteiger partial charge on any atom is 0.0308 e. The van der Waals surface area contributed by atoms with Gasteiger partial charge in [0.25, 0.3) is 0 Å². The molecule has 1 heterocycles. The van der Waals surface area contributed by atoms with E-state index in [4.69, 9.17) is 11.6 Å². The van der Waals surface area contributed by atoms with Gasteiger partial charge in [0, 0.05) is 26.7 Å². The van der Waals surface area contributed by atoms with E-state index >= 15 is 0 Å². The quantitative estimate of drug-likeness (QED) is 0.618. The average molecular weight is 297 g/mol. The van der Waals surface area contributed by atoms with E-state index in [0.29, 0.717) is 5.38 Å². The molecule has 14 heavy (non-hydrogen) atoms. The maximum atomic E-state index is 5.85. The van der Waals surface area contributed by atoms with E-state index in [-0.39, 0.29) is 0 Å². The van der Waals surface area contributed by atoms with Gasteiger partial charge in [0.2, 0.25) is 0 Å². The Morgan fingerprint density at radius 3 is 3.00 bits per heavy atom. The molecule has 0 spiro atoms.